The van der Waals surface area contributed by atoms with Gasteiger partial charge in [-0.3, -0.25) is 0 Å². The second kappa shape index (κ2) is 6.34. The molecular formula is C13H20ClFN2. The molecule has 0 atom stereocenters. The maximum Gasteiger partial charge on any atom is 0.129 e. The Morgan fingerprint density at radius 3 is 2.53 bits per heavy atom. The van der Waals surface area contributed by atoms with Crippen LogP contribution in [0.3, 0.4) is 0 Å². The predicted octanol–water partition coefficient (Wildman–Crippen LogP) is 2.96. The molecule has 0 radical (unpaired) electrons. The standard InChI is InChI=1S/C13H20ClFN2/c1-13(2,3)17-7-6-16-9-10-4-5-11(14)8-12(10)15/h4-5,8,16-17H,6-7,9H2,1-3H3. The number of benzene rings is 1. The molecular weight excluding hydrogens is 239 g/mol. The fourth-order valence-corrected chi connectivity index (χ4v) is 1.57. The van der Waals surface area contributed by atoms with Crippen molar-refractivity contribution in [1.29, 1.82) is 0 Å². The van der Waals surface area contributed by atoms with Gasteiger partial charge in [0.15, 0.2) is 0 Å². The van der Waals surface area contributed by atoms with Crippen LogP contribution >= 0.6 is 11.6 Å². The van der Waals surface area contributed by atoms with Gasteiger partial charge in [-0.25, -0.2) is 4.39 Å². The Kier molecular flexibility index (Phi) is 5.37. The van der Waals surface area contributed by atoms with Crippen LogP contribution in [-0.2, 0) is 6.54 Å². The molecule has 0 aliphatic carbocycles. The zero-order valence-electron chi connectivity index (χ0n) is 10.6. The number of halogens is 2. The first-order valence-electron chi connectivity index (χ1n) is 5.78. The van der Waals surface area contributed by atoms with Crippen molar-refractivity contribution in [3.05, 3.63) is 34.6 Å². The first kappa shape index (κ1) is 14.4. The summed E-state index contributed by atoms with van der Waals surface area (Å²) in [5, 5.41) is 6.97. The average Bonchev–Trinajstić information content (AvgIpc) is 2.18. The van der Waals surface area contributed by atoms with Crippen LogP contribution in [0.4, 0.5) is 4.39 Å². The van der Waals surface area contributed by atoms with E-state index in [1.54, 1.807) is 12.1 Å². The van der Waals surface area contributed by atoms with E-state index in [1.807, 2.05) is 0 Å². The molecule has 0 bridgehead atoms. The summed E-state index contributed by atoms with van der Waals surface area (Å²) in [6, 6.07) is 4.75. The lowest BCUT2D eigenvalue weighted by Gasteiger charge is -2.20. The summed E-state index contributed by atoms with van der Waals surface area (Å²) in [6.45, 7) is 8.54. The smallest absolute Gasteiger partial charge is 0.129 e. The molecule has 0 aromatic heterocycles. The summed E-state index contributed by atoms with van der Waals surface area (Å²) in [6.07, 6.45) is 0. The second-order valence-electron chi connectivity index (χ2n) is 5.09. The molecule has 4 heteroatoms. The monoisotopic (exact) mass is 258 g/mol. The van der Waals surface area contributed by atoms with E-state index < -0.39 is 0 Å². The molecule has 0 heterocycles. The second-order valence-corrected chi connectivity index (χ2v) is 5.53. The lowest BCUT2D eigenvalue weighted by Crippen LogP contribution is -2.40. The van der Waals surface area contributed by atoms with Crippen LogP contribution in [0.5, 0.6) is 0 Å². The molecule has 0 spiro atoms. The molecule has 0 aliphatic heterocycles. The summed E-state index contributed by atoms with van der Waals surface area (Å²) in [5.41, 5.74) is 0.762. The van der Waals surface area contributed by atoms with E-state index in [-0.39, 0.29) is 11.4 Å². The third-order valence-electron chi connectivity index (χ3n) is 2.29. The van der Waals surface area contributed by atoms with E-state index >= 15 is 0 Å². The van der Waals surface area contributed by atoms with Gasteiger partial charge in [-0.05, 0) is 32.9 Å². The van der Waals surface area contributed by atoms with Crippen LogP contribution in [0.1, 0.15) is 26.3 Å². The van der Waals surface area contributed by atoms with Gasteiger partial charge in [-0.1, -0.05) is 17.7 Å². The maximum atomic E-state index is 13.4. The molecule has 17 heavy (non-hydrogen) atoms. The first-order chi connectivity index (χ1) is 7.88. The lowest BCUT2D eigenvalue weighted by atomic mass is 10.1. The van der Waals surface area contributed by atoms with E-state index in [9.17, 15) is 4.39 Å². The van der Waals surface area contributed by atoms with E-state index in [4.69, 9.17) is 11.6 Å². The van der Waals surface area contributed by atoms with E-state index in [2.05, 4.69) is 31.4 Å². The summed E-state index contributed by atoms with van der Waals surface area (Å²) >= 11 is 5.68. The predicted molar refractivity (Wildman–Crippen MR) is 70.9 cm³/mol. The van der Waals surface area contributed by atoms with Crippen LogP contribution in [0, 0.1) is 5.82 Å². The van der Waals surface area contributed by atoms with E-state index in [1.165, 1.54) is 6.07 Å². The molecule has 0 amide bonds. The fourth-order valence-electron chi connectivity index (χ4n) is 1.41. The Bertz CT molecular complexity index is 361. The third-order valence-corrected chi connectivity index (χ3v) is 2.52. The van der Waals surface area contributed by atoms with Crippen LogP contribution in [0.15, 0.2) is 18.2 Å². The van der Waals surface area contributed by atoms with Crippen molar-refractivity contribution in [2.45, 2.75) is 32.9 Å². The SMILES string of the molecule is CC(C)(C)NCCNCc1ccc(Cl)cc1F. The van der Waals surface area contributed by atoms with Gasteiger partial charge in [0, 0.05) is 35.8 Å². The normalized spacial score (nSPS) is 11.8. The minimum Gasteiger partial charge on any atom is -0.311 e. The highest BCUT2D eigenvalue weighted by Crippen LogP contribution is 2.14. The van der Waals surface area contributed by atoms with Gasteiger partial charge in [0.2, 0.25) is 0 Å². The Morgan fingerprint density at radius 2 is 1.94 bits per heavy atom. The highest BCUT2D eigenvalue weighted by Gasteiger charge is 2.07. The summed E-state index contributed by atoms with van der Waals surface area (Å²) in [5.74, 6) is -0.256. The Hall–Kier alpha value is -0.640. The maximum absolute atomic E-state index is 13.4. The highest BCUT2D eigenvalue weighted by atomic mass is 35.5. The van der Waals surface area contributed by atoms with Crippen molar-refractivity contribution in [3.8, 4) is 0 Å². The Morgan fingerprint density at radius 1 is 1.24 bits per heavy atom. The molecule has 0 fully saturated rings. The van der Waals surface area contributed by atoms with Crippen molar-refractivity contribution in [2.75, 3.05) is 13.1 Å². The number of rotatable bonds is 5. The van der Waals surface area contributed by atoms with Crippen LogP contribution in [0.25, 0.3) is 0 Å². The molecule has 0 aliphatic rings. The molecule has 1 aromatic rings. The Labute approximate surface area is 108 Å². The average molecular weight is 259 g/mol. The summed E-state index contributed by atoms with van der Waals surface area (Å²) in [4.78, 5) is 0. The molecule has 2 nitrogen and oxygen atoms in total. The minimum atomic E-state index is -0.256. The third kappa shape index (κ3) is 6.01. The Balaban J connectivity index is 2.27. The zero-order chi connectivity index (χ0) is 12.9. The van der Waals surface area contributed by atoms with Gasteiger partial charge in [0.1, 0.15) is 5.82 Å². The van der Waals surface area contributed by atoms with Crippen molar-refractivity contribution in [1.82, 2.24) is 10.6 Å². The number of hydrogen-bond acceptors (Lipinski definition) is 2. The zero-order valence-corrected chi connectivity index (χ0v) is 11.4. The van der Waals surface area contributed by atoms with Gasteiger partial charge in [0.05, 0.1) is 0 Å². The van der Waals surface area contributed by atoms with Crippen LogP contribution in [-0.4, -0.2) is 18.6 Å². The van der Waals surface area contributed by atoms with Crippen molar-refractivity contribution < 1.29 is 4.39 Å². The molecule has 0 unspecified atom stereocenters. The molecule has 96 valence electrons. The van der Waals surface area contributed by atoms with Crippen molar-refractivity contribution in [3.63, 3.8) is 0 Å². The first-order valence-corrected chi connectivity index (χ1v) is 6.16. The summed E-state index contributed by atoms with van der Waals surface area (Å²) in [7, 11) is 0. The molecule has 0 saturated carbocycles. The minimum absolute atomic E-state index is 0.118. The van der Waals surface area contributed by atoms with Crippen LogP contribution < -0.4 is 10.6 Å². The number of nitrogens with one attached hydrogen (secondary N) is 2. The molecule has 0 saturated heterocycles. The van der Waals surface area contributed by atoms with E-state index in [0.29, 0.717) is 17.1 Å². The van der Waals surface area contributed by atoms with Gasteiger partial charge >= 0.3 is 0 Å². The topological polar surface area (TPSA) is 24.1 Å². The molecule has 1 aromatic carbocycles. The van der Waals surface area contributed by atoms with Crippen molar-refractivity contribution >= 4 is 11.6 Å². The largest absolute Gasteiger partial charge is 0.311 e. The number of hydrogen-bond donors (Lipinski definition) is 2. The van der Waals surface area contributed by atoms with Gasteiger partial charge < -0.3 is 10.6 Å². The van der Waals surface area contributed by atoms with Crippen molar-refractivity contribution in [2.24, 2.45) is 0 Å². The quantitative estimate of drug-likeness (QED) is 0.794. The van der Waals surface area contributed by atoms with Gasteiger partial charge in [-0.2, -0.15) is 0 Å². The fraction of sp³-hybridized carbons (Fsp3) is 0.538. The molecule has 2 N–H and O–H groups in total. The lowest BCUT2D eigenvalue weighted by molar-refractivity contribution is 0.421. The summed E-state index contributed by atoms with van der Waals surface area (Å²) < 4.78 is 13.4. The van der Waals surface area contributed by atoms with Gasteiger partial charge in [-0.15, -0.1) is 0 Å². The molecule has 1 rings (SSSR count). The van der Waals surface area contributed by atoms with E-state index in [0.717, 1.165) is 13.1 Å². The van der Waals surface area contributed by atoms with Crippen LogP contribution in [0.2, 0.25) is 5.02 Å². The highest BCUT2D eigenvalue weighted by molar-refractivity contribution is 6.30. The van der Waals surface area contributed by atoms with Gasteiger partial charge in [0.25, 0.3) is 0 Å².